The quantitative estimate of drug-likeness (QED) is 0.813. The molecule has 0 spiro atoms. The summed E-state index contributed by atoms with van der Waals surface area (Å²) >= 11 is 0. The van der Waals surface area contributed by atoms with Crippen molar-refractivity contribution < 1.29 is 14.7 Å². The van der Waals surface area contributed by atoms with Crippen molar-refractivity contribution in [1.82, 2.24) is 10.2 Å². The highest BCUT2D eigenvalue weighted by Gasteiger charge is 2.21. The Kier molecular flexibility index (Phi) is 6.71. The number of aliphatic hydroxyl groups excluding tert-OH is 1. The highest BCUT2D eigenvalue weighted by atomic mass is 16.3. The van der Waals surface area contributed by atoms with E-state index in [9.17, 15) is 14.7 Å². The first-order valence-corrected chi connectivity index (χ1v) is 8.30. The lowest BCUT2D eigenvalue weighted by atomic mass is 10.0. The molecule has 132 valence electrons. The van der Waals surface area contributed by atoms with Crippen LogP contribution in [-0.2, 0) is 4.79 Å². The maximum atomic E-state index is 12.5. The van der Waals surface area contributed by atoms with E-state index in [4.69, 9.17) is 0 Å². The third-order valence-corrected chi connectivity index (χ3v) is 4.24. The molecule has 25 heavy (non-hydrogen) atoms. The molecule has 0 aliphatic heterocycles. The molecular formula is C20H24N2O3. The Labute approximate surface area is 148 Å². The molecule has 0 aromatic heterocycles. The molecule has 2 rings (SSSR count). The Morgan fingerprint density at radius 3 is 2.36 bits per heavy atom. The first-order chi connectivity index (χ1) is 12.0. The topological polar surface area (TPSA) is 69.6 Å². The van der Waals surface area contributed by atoms with E-state index in [2.05, 4.69) is 5.32 Å². The number of benzene rings is 2. The summed E-state index contributed by atoms with van der Waals surface area (Å²) in [6, 6.07) is 16.6. The molecule has 0 saturated carbocycles. The number of aliphatic hydroxyl groups is 1. The maximum absolute atomic E-state index is 12.5. The van der Waals surface area contributed by atoms with Gasteiger partial charge >= 0.3 is 0 Å². The van der Waals surface area contributed by atoms with E-state index in [0.29, 0.717) is 12.0 Å². The predicted molar refractivity (Wildman–Crippen MR) is 97.2 cm³/mol. The summed E-state index contributed by atoms with van der Waals surface area (Å²) in [5.74, 6) is -0.470. The van der Waals surface area contributed by atoms with Crippen molar-refractivity contribution in [3.05, 3.63) is 71.3 Å². The van der Waals surface area contributed by atoms with E-state index in [1.54, 1.807) is 24.1 Å². The average Bonchev–Trinajstić information content (AvgIpc) is 2.64. The number of carbonyl (C=O) groups excluding carboxylic acids is 2. The summed E-state index contributed by atoms with van der Waals surface area (Å²) in [6.07, 6.45) is 0.442. The summed E-state index contributed by atoms with van der Waals surface area (Å²) < 4.78 is 0. The van der Waals surface area contributed by atoms with Crippen LogP contribution in [0.5, 0.6) is 0 Å². The molecule has 1 unspecified atom stereocenters. The van der Waals surface area contributed by atoms with Gasteiger partial charge < -0.3 is 15.3 Å². The Balaban J connectivity index is 2.01. The van der Waals surface area contributed by atoms with Gasteiger partial charge in [0, 0.05) is 19.2 Å². The number of likely N-dealkylation sites (N-methyl/N-ethyl adjacent to an activating group) is 1. The first-order valence-electron chi connectivity index (χ1n) is 8.30. The SMILES string of the molecule is Cc1ccccc1C(=O)NCC(=O)N(C)C(CCO)c1ccccc1. The molecule has 0 radical (unpaired) electrons. The van der Waals surface area contributed by atoms with Crippen molar-refractivity contribution in [3.63, 3.8) is 0 Å². The number of carbonyl (C=O) groups is 2. The van der Waals surface area contributed by atoms with Crippen molar-refractivity contribution >= 4 is 11.8 Å². The fraction of sp³-hybridized carbons (Fsp3) is 0.300. The van der Waals surface area contributed by atoms with Gasteiger partial charge in [0.05, 0.1) is 12.6 Å². The number of nitrogens with one attached hydrogen (secondary N) is 1. The van der Waals surface area contributed by atoms with E-state index in [1.165, 1.54) is 0 Å². The smallest absolute Gasteiger partial charge is 0.251 e. The second-order valence-corrected chi connectivity index (χ2v) is 5.94. The molecule has 2 N–H and O–H groups in total. The van der Waals surface area contributed by atoms with E-state index in [-0.39, 0.29) is 31.0 Å². The summed E-state index contributed by atoms with van der Waals surface area (Å²) in [6.45, 7) is 1.75. The Bertz CT molecular complexity index is 716. The highest BCUT2D eigenvalue weighted by molar-refractivity contribution is 5.97. The van der Waals surface area contributed by atoms with Crippen LogP contribution in [0.3, 0.4) is 0 Å². The van der Waals surface area contributed by atoms with Gasteiger partial charge in [0.15, 0.2) is 0 Å². The van der Waals surface area contributed by atoms with Gasteiger partial charge in [0.25, 0.3) is 5.91 Å². The van der Waals surface area contributed by atoms with E-state index in [0.717, 1.165) is 11.1 Å². The van der Waals surface area contributed by atoms with Crippen LogP contribution in [-0.4, -0.2) is 42.0 Å². The molecule has 0 aliphatic carbocycles. The summed E-state index contributed by atoms with van der Waals surface area (Å²) in [5, 5.41) is 12.0. The first kappa shape index (κ1) is 18.7. The monoisotopic (exact) mass is 340 g/mol. The number of aryl methyl sites for hydroxylation is 1. The molecule has 0 bridgehead atoms. The predicted octanol–water partition coefficient (Wildman–Crippen LogP) is 2.31. The minimum absolute atomic E-state index is 0.0211. The maximum Gasteiger partial charge on any atom is 0.251 e. The molecule has 0 fully saturated rings. The Morgan fingerprint density at radius 2 is 1.72 bits per heavy atom. The van der Waals surface area contributed by atoms with E-state index < -0.39 is 0 Å². The van der Waals surface area contributed by atoms with E-state index >= 15 is 0 Å². The van der Waals surface area contributed by atoms with Gasteiger partial charge in [-0.25, -0.2) is 0 Å². The summed E-state index contributed by atoms with van der Waals surface area (Å²) in [4.78, 5) is 26.3. The van der Waals surface area contributed by atoms with Crippen LogP contribution in [0.15, 0.2) is 54.6 Å². The standard InChI is InChI=1S/C20H24N2O3/c1-15-8-6-7-11-17(15)20(25)21-14-19(24)22(2)18(12-13-23)16-9-4-3-5-10-16/h3-11,18,23H,12-14H2,1-2H3,(H,21,25). The third-order valence-electron chi connectivity index (χ3n) is 4.24. The van der Waals surface area contributed by atoms with Crippen molar-refractivity contribution in [2.45, 2.75) is 19.4 Å². The minimum atomic E-state index is -0.265. The van der Waals surface area contributed by atoms with Gasteiger partial charge in [-0.15, -0.1) is 0 Å². The van der Waals surface area contributed by atoms with Gasteiger partial charge in [-0.1, -0.05) is 48.5 Å². The molecular weight excluding hydrogens is 316 g/mol. The number of amides is 2. The van der Waals surface area contributed by atoms with Crippen LogP contribution in [0, 0.1) is 6.92 Å². The van der Waals surface area contributed by atoms with Crippen LogP contribution < -0.4 is 5.32 Å². The normalized spacial score (nSPS) is 11.6. The van der Waals surface area contributed by atoms with Crippen LogP contribution in [0.25, 0.3) is 0 Å². The van der Waals surface area contributed by atoms with Crippen molar-refractivity contribution in [2.75, 3.05) is 20.2 Å². The second-order valence-electron chi connectivity index (χ2n) is 5.94. The molecule has 0 saturated heterocycles. The van der Waals surface area contributed by atoms with Gasteiger partial charge in [-0.05, 0) is 30.5 Å². The molecule has 2 aromatic rings. The zero-order chi connectivity index (χ0) is 18.2. The third kappa shape index (κ3) is 4.90. The fourth-order valence-electron chi connectivity index (χ4n) is 2.76. The minimum Gasteiger partial charge on any atom is -0.396 e. The number of nitrogens with zero attached hydrogens (tertiary/aromatic N) is 1. The molecule has 2 amide bonds. The van der Waals surface area contributed by atoms with Gasteiger partial charge in [-0.3, -0.25) is 9.59 Å². The lowest BCUT2D eigenvalue weighted by molar-refractivity contribution is -0.131. The number of hydrogen-bond acceptors (Lipinski definition) is 3. The second kappa shape index (κ2) is 8.99. The summed E-state index contributed by atoms with van der Waals surface area (Å²) in [7, 11) is 1.69. The Hall–Kier alpha value is -2.66. The van der Waals surface area contributed by atoms with Crippen LogP contribution in [0.2, 0.25) is 0 Å². The van der Waals surface area contributed by atoms with Crippen LogP contribution >= 0.6 is 0 Å². The van der Waals surface area contributed by atoms with Gasteiger partial charge in [0.2, 0.25) is 5.91 Å². The molecule has 0 heterocycles. The van der Waals surface area contributed by atoms with Crippen molar-refractivity contribution in [2.24, 2.45) is 0 Å². The average molecular weight is 340 g/mol. The fourth-order valence-corrected chi connectivity index (χ4v) is 2.76. The van der Waals surface area contributed by atoms with Gasteiger partial charge in [-0.2, -0.15) is 0 Å². The zero-order valence-electron chi connectivity index (χ0n) is 14.6. The van der Waals surface area contributed by atoms with Crippen molar-refractivity contribution in [3.8, 4) is 0 Å². The van der Waals surface area contributed by atoms with Crippen LogP contribution in [0.1, 0.15) is 33.9 Å². The van der Waals surface area contributed by atoms with Gasteiger partial charge in [0.1, 0.15) is 0 Å². The lowest BCUT2D eigenvalue weighted by Crippen LogP contribution is -2.40. The van der Waals surface area contributed by atoms with Crippen LogP contribution in [0.4, 0.5) is 0 Å². The Morgan fingerprint density at radius 1 is 1.08 bits per heavy atom. The molecule has 5 nitrogen and oxygen atoms in total. The highest BCUT2D eigenvalue weighted by Crippen LogP contribution is 2.22. The number of rotatable bonds is 7. The van der Waals surface area contributed by atoms with E-state index in [1.807, 2.05) is 49.4 Å². The summed E-state index contributed by atoms with van der Waals surface area (Å²) in [5.41, 5.74) is 2.38. The van der Waals surface area contributed by atoms with Crippen molar-refractivity contribution in [1.29, 1.82) is 0 Å². The lowest BCUT2D eigenvalue weighted by Gasteiger charge is -2.28. The molecule has 0 aliphatic rings. The largest absolute Gasteiger partial charge is 0.396 e. The number of hydrogen-bond donors (Lipinski definition) is 2. The molecule has 2 aromatic carbocycles. The zero-order valence-corrected chi connectivity index (χ0v) is 14.6. The molecule has 5 heteroatoms. The molecule has 1 atom stereocenters.